The van der Waals surface area contributed by atoms with Crippen molar-refractivity contribution in [3.8, 4) is 0 Å². The van der Waals surface area contributed by atoms with Crippen LogP contribution in [0.3, 0.4) is 0 Å². The van der Waals surface area contributed by atoms with Gasteiger partial charge in [-0.05, 0) is 19.1 Å². The van der Waals surface area contributed by atoms with Crippen LogP contribution in [0.15, 0.2) is 29.1 Å². The van der Waals surface area contributed by atoms with E-state index >= 15 is 0 Å². The van der Waals surface area contributed by atoms with Gasteiger partial charge in [-0.3, -0.25) is 19.0 Å². The molecule has 2 rings (SSSR count). The third-order valence-electron chi connectivity index (χ3n) is 3.76. The van der Waals surface area contributed by atoms with Crippen LogP contribution in [0, 0.1) is 6.92 Å². The first-order valence-corrected chi connectivity index (χ1v) is 9.23. The average Bonchev–Trinajstić information content (AvgIpc) is 2.60. The van der Waals surface area contributed by atoms with Crippen molar-refractivity contribution in [2.24, 2.45) is 0 Å². The summed E-state index contributed by atoms with van der Waals surface area (Å²) >= 11 is 1.21. The minimum atomic E-state index is -1.47. The first-order chi connectivity index (χ1) is 12.8. The molecule has 0 radical (unpaired) electrons. The monoisotopic (exact) mass is 393 g/mol. The number of fused-ring (bicyclic) bond motifs is 1. The van der Waals surface area contributed by atoms with E-state index in [1.54, 1.807) is 25.1 Å². The molecule has 0 aliphatic heterocycles. The Morgan fingerprint density at radius 1 is 1.26 bits per heavy atom. The Kier molecular flexibility index (Phi) is 6.94. The van der Waals surface area contributed by atoms with Gasteiger partial charge in [-0.25, -0.2) is 9.78 Å². The highest BCUT2D eigenvalue weighted by Crippen LogP contribution is 2.09. The summed E-state index contributed by atoms with van der Waals surface area (Å²) in [6.45, 7) is 2.08. The largest absolute Gasteiger partial charge is 0.481 e. The Bertz CT molecular complexity index is 927. The third kappa shape index (κ3) is 5.55. The lowest BCUT2D eigenvalue weighted by atomic mass is 10.2. The van der Waals surface area contributed by atoms with Gasteiger partial charge in [0.25, 0.3) is 5.56 Å². The first kappa shape index (κ1) is 20.4. The van der Waals surface area contributed by atoms with E-state index in [4.69, 9.17) is 10.2 Å². The molecule has 1 heterocycles. The number of benzene rings is 1. The van der Waals surface area contributed by atoms with Crippen LogP contribution in [-0.4, -0.2) is 55.2 Å². The maximum Gasteiger partial charge on any atom is 0.326 e. The number of rotatable bonds is 9. The molecule has 0 aliphatic rings. The first-order valence-electron chi connectivity index (χ1n) is 8.07. The molecule has 0 aliphatic carbocycles. The molecule has 1 amide bonds. The van der Waals surface area contributed by atoms with Crippen molar-refractivity contribution in [2.45, 2.75) is 25.9 Å². The van der Waals surface area contributed by atoms with Crippen molar-refractivity contribution >= 4 is 40.5 Å². The van der Waals surface area contributed by atoms with Gasteiger partial charge in [0.1, 0.15) is 11.9 Å². The number of hydrogen-bond donors (Lipinski definition) is 3. The third-order valence-corrected chi connectivity index (χ3v) is 4.69. The second-order valence-corrected chi connectivity index (χ2v) is 6.85. The number of carboxylic acids is 2. The molecule has 0 saturated carbocycles. The highest BCUT2D eigenvalue weighted by Gasteiger charge is 2.22. The number of carbonyl (C=O) groups excluding carboxylic acids is 1. The SMILES string of the molecule is Cc1nc2ccccc2c(=O)n1CCSCC(=O)NC(CC(=O)O)C(=O)O. The normalized spacial score (nSPS) is 11.9. The van der Waals surface area contributed by atoms with Crippen LogP contribution in [0.2, 0.25) is 0 Å². The van der Waals surface area contributed by atoms with Gasteiger partial charge in [0.2, 0.25) is 5.91 Å². The topological polar surface area (TPSA) is 139 Å². The van der Waals surface area contributed by atoms with Crippen molar-refractivity contribution in [2.75, 3.05) is 11.5 Å². The Labute approximate surface area is 158 Å². The van der Waals surface area contributed by atoms with Gasteiger partial charge >= 0.3 is 11.9 Å². The Hall–Kier alpha value is -2.88. The molecular weight excluding hydrogens is 374 g/mol. The molecule has 1 atom stereocenters. The standard InChI is InChI=1S/C17H19N3O6S/c1-10-18-12-5-3-2-4-11(12)16(24)20(10)6-7-27-9-14(21)19-13(17(25)26)8-15(22)23/h2-5,13H,6-9H2,1H3,(H,19,21)(H,22,23)(H,25,26). The number of aryl methyl sites for hydroxylation is 1. The maximum absolute atomic E-state index is 12.5. The summed E-state index contributed by atoms with van der Waals surface area (Å²) in [6, 6.07) is 5.57. The molecule has 0 fully saturated rings. The minimum absolute atomic E-state index is 0.0434. The van der Waals surface area contributed by atoms with E-state index in [-0.39, 0.29) is 11.3 Å². The van der Waals surface area contributed by atoms with Gasteiger partial charge in [-0.2, -0.15) is 11.8 Å². The number of thioether (sulfide) groups is 1. The summed E-state index contributed by atoms with van der Waals surface area (Å²) < 4.78 is 1.53. The van der Waals surface area contributed by atoms with Crippen LogP contribution in [0.25, 0.3) is 10.9 Å². The number of nitrogens with one attached hydrogen (secondary N) is 1. The van der Waals surface area contributed by atoms with E-state index < -0.39 is 30.3 Å². The highest BCUT2D eigenvalue weighted by atomic mass is 32.2. The molecule has 0 spiro atoms. The van der Waals surface area contributed by atoms with Gasteiger partial charge in [0, 0.05) is 12.3 Å². The zero-order chi connectivity index (χ0) is 20.0. The van der Waals surface area contributed by atoms with Crippen LogP contribution in [0.1, 0.15) is 12.2 Å². The van der Waals surface area contributed by atoms with E-state index in [1.165, 1.54) is 16.3 Å². The second kappa shape index (κ2) is 9.17. The number of amides is 1. The van der Waals surface area contributed by atoms with Crippen LogP contribution in [0.4, 0.5) is 0 Å². The van der Waals surface area contributed by atoms with Crippen molar-refractivity contribution < 1.29 is 24.6 Å². The van der Waals surface area contributed by atoms with Crippen LogP contribution < -0.4 is 10.9 Å². The molecule has 3 N–H and O–H groups in total. The second-order valence-electron chi connectivity index (χ2n) is 5.74. The van der Waals surface area contributed by atoms with Crippen LogP contribution >= 0.6 is 11.8 Å². The van der Waals surface area contributed by atoms with Gasteiger partial charge in [-0.15, -0.1) is 0 Å². The van der Waals surface area contributed by atoms with E-state index in [9.17, 15) is 19.2 Å². The Morgan fingerprint density at radius 3 is 2.63 bits per heavy atom. The zero-order valence-corrected chi connectivity index (χ0v) is 15.4. The van der Waals surface area contributed by atoms with E-state index in [0.29, 0.717) is 29.0 Å². The molecule has 144 valence electrons. The molecule has 2 aromatic rings. The number of carbonyl (C=O) groups is 3. The summed E-state index contributed by atoms with van der Waals surface area (Å²) in [4.78, 5) is 50.2. The molecule has 0 saturated heterocycles. The predicted octanol–water partition coefficient (Wildman–Crippen LogP) is 0.482. The Morgan fingerprint density at radius 2 is 1.96 bits per heavy atom. The number of aliphatic carboxylic acids is 2. The van der Waals surface area contributed by atoms with E-state index in [2.05, 4.69) is 10.3 Å². The van der Waals surface area contributed by atoms with Crippen LogP contribution in [-0.2, 0) is 20.9 Å². The maximum atomic E-state index is 12.5. The van der Waals surface area contributed by atoms with Crippen molar-refractivity contribution in [1.29, 1.82) is 0 Å². The van der Waals surface area contributed by atoms with Gasteiger partial charge in [0.15, 0.2) is 0 Å². The lowest BCUT2D eigenvalue weighted by molar-refractivity contribution is -0.147. The lowest BCUT2D eigenvalue weighted by Gasteiger charge is -2.13. The average molecular weight is 393 g/mol. The van der Waals surface area contributed by atoms with Gasteiger partial charge in [-0.1, -0.05) is 12.1 Å². The molecule has 10 heteroatoms. The van der Waals surface area contributed by atoms with E-state index in [1.807, 2.05) is 6.07 Å². The quantitative estimate of drug-likeness (QED) is 0.523. The smallest absolute Gasteiger partial charge is 0.326 e. The summed E-state index contributed by atoms with van der Waals surface area (Å²) in [5.74, 6) is -2.33. The summed E-state index contributed by atoms with van der Waals surface area (Å²) in [5, 5.41) is 20.3. The fraction of sp³-hybridized carbons (Fsp3) is 0.353. The van der Waals surface area contributed by atoms with Gasteiger partial charge in [0.05, 0.1) is 23.1 Å². The number of aromatic nitrogens is 2. The Balaban J connectivity index is 1.91. The minimum Gasteiger partial charge on any atom is -0.481 e. The summed E-state index contributed by atoms with van der Waals surface area (Å²) in [6.07, 6.45) is -0.691. The summed E-state index contributed by atoms with van der Waals surface area (Å²) in [7, 11) is 0. The van der Waals surface area contributed by atoms with Crippen molar-refractivity contribution in [3.63, 3.8) is 0 Å². The van der Waals surface area contributed by atoms with E-state index in [0.717, 1.165) is 0 Å². The fourth-order valence-corrected chi connectivity index (χ4v) is 3.20. The van der Waals surface area contributed by atoms with Crippen molar-refractivity contribution in [1.82, 2.24) is 14.9 Å². The fourth-order valence-electron chi connectivity index (χ4n) is 2.47. The number of carboxylic acid groups (broad SMARTS) is 2. The zero-order valence-electron chi connectivity index (χ0n) is 14.5. The lowest BCUT2D eigenvalue weighted by Crippen LogP contribution is -2.43. The molecule has 0 bridgehead atoms. The molecular formula is C17H19N3O6S. The highest BCUT2D eigenvalue weighted by molar-refractivity contribution is 7.99. The molecule has 1 aromatic heterocycles. The molecule has 1 aromatic carbocycles. The summed E-state index contributed by atoms with van der Waals surface area (Å²) in [5.41, 5.74) is 0.469. The number of hydrogen-bond acceptors (Lipinski definition) is 6. The van der Waals surface area contributed by atoms with Gasteiger partial charge < -0.3 is 15.5 Å². The predicted molar refractivity (Wildman–Crippen MR) is 99.9 cm³/mol. The van der Waals surface area contributed by atoms with Crippen molar-refractivity contribution in [3.05, 3.63) is 40.4 Å². The number of nitrogens with zero attached hydrogens (tertiary/aromatic N) is 2. The molecule has 27 heavy (non-hydrogen) atoms. The number of para-hydroxylation sites is 1. The molecule has 1 unspecified atom stereocenters. The van der Waals surface area contributed by atoms with Crippen LogP contribution in [0.5, 0.6) is 0 Å². The molecule has 9 nitrogen and oxygen atoms in total.